The van der Waals surface area contributed by atoms with Crippen LogP contribution < -0.4 is 0 Å². The van der Waals surface area contributed by atoms with E-state index < -0.39 is 23.7 Å². The highest BCUT2D eigenvalue weighted by atomic mass is 16.6. The third-order valence-corrected chi connectivity index (χ3v) is 4.35. The summed E-state index contributed by atoms with van der Waals surface area (Å²) in [5.74, 6) is -1.04. The molecule has 2 amide bonds. The second-order valence-corrected chi connectivity index (χ2v) is 7.31. The van der Waals surface area contributed by atoms with Gasteiger partial charge in [-0.2, -0.15) is 4.99 Å². The van der Waals surface area contributed by atoms with Gasteiger partial charge in [0.25, 0.3) is 0 Å². The zero-order chi connectivity index (χ0) is 17.9. The minimum atomic E-state index is -0.706. The molecule has 0 saturated carbocycles. The number of hydrogen-bond acceptors (Lipinski definition) is 5. The Bertz CT molecular complexity index is 538. The summed E-state index contributed by atoms with van der Waals surface area (Å²) in [6.07, 6.45) is 4.42. The number of rotatable bonds is 2. The van der Waals surface area contributed by atoms with E-state index in [-0.39, 0.29) is 17.9 Å². The molecule has 7 heteroatoms. The van der Waals surface area contributed by atoms with Crippen LogP contribution in [0.4, 0.5) is 4.79 Å². The maximum atomic E-state index is 12.8. The van der Waals surface area contributed by atoms with Crippen molar-refractivity contribution >= 4 is 24.2 Å². The largest absolute Gasteiger partial charge is 0.467 e. The number of aliphatic imine (C=N–C) groups is 1. The monoisotopic (exact) mass is 338 g/mol. The van der Waals surface area contributed by atoms with Gasteiger partial charge in [0.15, 0.2) is 0 Å². The van der Waals surface area contributed by atoms with Gasteiger partial charge in [-0.05, 0) is 46.5 Å². The topological polar surface area (TPSA) is 85.3 Å². The molecule has 0 aromatic heterocycles. The summed E-state index contributed by atoms with van der Waals surface area (Å²) < 4.78 is 9.94. The summed E-state index contributed by atoms with van der Waals surface area (Å²) in [6.45, 7) is 5.27. The Morgan fingerprint density at radius 1 is 1.21 bits per heavy atom. The molecule has 0 aliphatic carbocycles. The summed E-state index contributed by atoms with van der Waals surface area (Å²) in [6, 6.07) is -0.454. The van der Waals surface area contributed by atoms with Gasteiger partial charge in [0.05, 0.1) is 13.0 Å². The third kappa shape index (κ3) is 4.33. The summed E-state index contributed by atoms with van der Waals surface area (Å²) in [5, 5.41) is 0. The molecular weight excluding hydrogens is 312 g/mol. The van der Waals surface area contributed by atoms with Crippen molar-refractivity contribution < 1.29 is 23.9 Å². The minimum absolute atomic E-state index is 0.0709. The fourth-order valence-electron chi connectivity index (χ4n) is 3.33. The van der Waals surface area contributed by atoms with Crippen LogP contribution in [-0.4, -0.2) is 53.9 Å². The maximum absolute atomic E-state index is 12.8. The van der Waals surface area contributed by atoms with Gasteiger partial charge in [-0.3, -0.25) is 4.79 Å². The minimum Gasteiger partial charge on any atom is -0.467 e. The predicted octanol–water partition coefficient (Wildman–Crippen LogP) is 2.33. The quantitative estimate of drug-likeness (QED) is 0.570. The molecule has 0 N–H and O–H groups in total. The van der Waals surface area contributed by atoms with Crippen molar-refractivity contribution in [2.75, 3.05) is 7.11 Å². The van der Waals surface area contributed by atoms with Crippen molar-refractivity contribution in [3.8, 4) is 0 Å². The van der Waals surface area contributed by atoms with Crippen molar-refractivity contribution in [1.29, 1.82) is 0 Å². The van der Waals surface area contributed by atoms with Crippen molar-refractivity contribution in [1.82, 2.24) is 4.90 Å². The second kappa shape index (κ2) is 7.32. The summed E-state index contributed by atoms with van der Waals surface area (Å²) in [5.41, 5.74) is -0.627. The van der Waals surface area contributed by atoms with Gasteiger partial charge in [0.1, 0.15) is 11.6 Å². The molecule has 0 radical (unpaired) electrons. The molecule has 2 saturated heterocycles. The second-order valence-electron chi connectivity index (χ2n) is 7.31. The lowest BCUT2D eigenvalue weighted by molar-refractivity contribution is -0.152. The van der Waals surface area contributed by atoms with E-state index in [1.54, 1.807) is 25.7 Å². The van der Waals surface area contributed by atoms with Gasteiger partial charge >= 0.3 is 12.1 Å². The van der Waals surface area contributed by atoms with Crippen LogP contribution in [-0.2, 0) is 19.1 Å². The van der Waals surface area contributed by atoms with Crippen LogP contribution in [0.3, 0.4) is 0 Å². The normalized spacial score (nSPS) is 27.8. The highest BCUT2D eigenvalue weighted by Crippen LogP contribution is 2.33. The lowest BCUT2D eigenvalue weighted by atomic mass is 10.0. The summed E-state index contributed by atoms with van der Waals surface area (Å²) in [7, 11) is 1.33. The Morgan fingerprint density at radius 3 is 2.54 bits per heavy atom. The smallest absolute Gasteiger partial charge is 0.433 e. The number of carbonyl (C=O) groups excluding carboxylic acids is 3. The van der Waals surface area contributed by atoms with E-state index in [0.717, 1.165) is 19.3 Å². The van der Waals surface area contributed by atoms with E-state index in [2.05, 4.69) is 4.99 Å². The lowest BCUT2D eigenvalue weighted by Gasteiger charge is -2.28. The number of esters is 1. The van der Waals surface area contributed by atoms with E-state index in [4.69, 9.17) is 9.47 Å². The van der Waals surface area contributed by atoms with Crippen molar-refractivity contribution in [3.63, 3.8) is 0 Å². The van der Waals surface area contributed by atoms with Crippen molar-refractivity contribution in [3.05, 3.63) is 0 Å². The molecule has 0 spiro atoms. The standard InChI is InChI=1S/C17H26N2O5/c1-17(2,3)24-16(22)18-10-11-6-5-7-12-8-9-13(15(21)23-4)19(12)14(11)20/h10-13H,5-9H2,1-4H3/t11?,12-,13-/m0/s1. The highest BCUT2D eigenvalue weighted by Gasteiger charge is 2.44. The van der Waals surface area contributed by atoms with Gasteiger partial charge < -0.3 is 14.4 Å². The average molecular weight is 338 g/mol. The van der Waals surface area contributed by atoms with E-state index in [1.165, 1.54) is 13.3 Å². The third-order valence-electron chi connectivity index (χ3n) is 4.35. The molecule has 2 heterocycles. The molecule has 2 fully saturated rings. The van der Waals surface area contributed by atoms with E-state index >= 15 is 0 Å². The first-order valence-electron chi connectivity index (χ1n) is 8.40. The number of hydrogen-bond donors (Lipinski definition) is 0. The molecule has 1 unspecified atom stereocenters. The van der Waals surface area contributed by atoms with Gasteiger partial charge in [0, 0.05) is 12.3 Å². The first kappa shape index (κ1) is 18.4. The van der Waals surface area contributed by atoms with E-state index in [1.807, 2.05) is 0 Å². The number of nitrogens with zero attached hydrogens (tertiary/aromatic N) is 2. The maximum Gasteiger partial charge on any atom is 0.433 e. The Morgan fingerprint density at radius 2 is 1.92 bits per heavy atom. The van der Waals surface area contributed by atoms with Crippen LogP contribution in [0.5, 0.6) is 0 Å². The molecule has 0 aromatic rings. The summed E-state index contributed by atoms with van der Waals surface area (Å²) in [4.78, 5) is 41.9. The van der Waals surface area contributed by atoms with Crippen LogP contribution in [0.15, 0.2) is 4.99 Å². The first-order valence-corrected chi connectivity index (χ1v) is 8.40. The van der Waals surface area contributed by atoms with Crippen LogP contribution >= 0.6 is 0 Å². The molecule has 24 heavy (non-hydrogen) atoms. The Kier molecular flexibility index (Phi) is 5.62. The van der Waals surface area contributed by atoms with Crippen molar-refractivity contribution in [2.45, 2.75) is 70.6 Å². The zero-order valence-corrected chi connectivity index (χ0v) is 14.8. The highest BCUT2D eigenvalue weighted by molar-refractivity contribution is 5.98. The number of ether oxygens (including phenoxy) is 2. The van der Waals surface area contributed by atoms with Crippen LogP contribution in [0.25, 0.3) is 0 Å². The van der Waals surface area contributed by atoms with Gasteiger partial charge in [-0.25, -0.2) is 9.59 Å². The van der Waals surface area contributed by atoms with Crippen molar-refractivity contribution in [2.24, 2.45) is 10.9 Å². The number of methoxy groups -OCH3 is 1. The fourth-order valence-corrected chi connectivity index (χ4v) is 3.33. The predicted molar refractivity (Wildman–Crippen MR) is 87.7 cm³/mol. The first-order chi connectivity index (χ1) is 11.2. The Balaban J connectivity index is 2.10. The van der Waals surface area contributed by atoms with Crippen LogP contribution in [0.2, 0.25) is 0 Å². The Hall–Kier alpha value is -1.92. The molecule has 2 aliphatic rings. The zero-order valence-electron chi connectivity index (χ0n) is 14.8. The van der Waals surface area contributed by atoms with E-state index in [0.29, 0.717) is 12.8 Å². The number of carbonyl (C=O) groups is 3. The average Bonchev–Trinajstić information content (AvgIpc) is 2.84. The molecule has 0 bridgehead atoms. The molecular formula is C17H26N2O5. The van der Waals surface area contributed by atoms with Crippen LogP contribution in [0.1, 0.15) is 52.9 Å². The molecule has 134 valence electrons. The fraction of sp³-hybridized carbons (Fsp3) is 0.765. The molecule has 2 aliphatic heterocycles. The molecule has 0 aromatic carbocycles. The van der Waals surface area contributed by atoms with Gasteiger partial charge in [0.2, 0.25) is 5.91 Å². The van der Waals surface area contributed by atoms with Crippen LogP contribution in [0, 0.1) is 5.92 Å². The van der Waals surface area contributed by atoms with Gasteiger partial charge in [-0.1, -0.05) is 6.42 Å². The Labute approximate surface area is 142 Å². The molecule has 2 rings (SSSR count). The van der Waals surface area contributed by atoms with E-state index in [9.17, 15) is 14.4 Å². The van der Waals surface area contributed by atoms with Gasteiger partial charge in [-0.15, -0.1) is 0 Å². The SMILES string of the molecule is COC(=O)[C@@H]1CC[C@@H]2CCCC(C=NC(=O)OC(C)(C)C)C(=O)N21. The number of fused-ring (bicyclic) bond motifs is 1. The molecule has 3 atom stereocenters. The summed E-state index contributed by atoms with van der Waals surface area (Å²) >= 11 is 0. The number of amides is 2. The lowest BCUT2D eigenvalue weighted by Crippen LogP contribution is -2.47. The molecule has 7 nitrogen and oxygen atoms in total.